The second kappa shape index (κ2) is 5.57. The van der Waals surface area contributed by atoms with Crippen molar-refractivity contribution in [2.75, 3.05) is 19.6 Å². The van der Waals surface area contributed by atoms with Gasteiger partial charge in [0.05, 0.1) is 6.10 Å². The minimum atomic E-state index is -0.297. The van der Waals surface area contributed by atoms with E-state index in [1.807, 2.05) is 18.7 Å². The number of hydrogen-bond donors (Lipinski definition) is 2. The van der Waals surface area contributed by atoms with Crippen LogP contribution in [0.5, 0.6) is 0 Å². The monoisotopic (exact) mass is 256 g/mol. The van der Waals surface area contributed by atoms with Crippen LogP contribution in [0, 0.1) is 5.41 Å². The van der Waals surface area contributed by atoms with Crippen molar-refractivity contribution in [1.82, 2.24) is 10.2 Å². The lowest BCUT2D eigenvalue weighted by Crippen LogP contribution is -2.51. The maximum absolute atomic E-state index is 12.1. The van der Waals surface area contributed by atoms with E-state index < -0.39 is 0 Å². The van der Waals surface area contributed by atoms with Crippen LogP contribution in [-0.2, 0) is 4.79 Å². The Morgan fingerprint density at radius 2 is 2.06 bits per heavy atom. The Kier molecular flexibility index (Phi) is 4.78. The molecule has 0 radical (unpaired) electrons. The molecule has 1 saturated heterocycles. The summed E-state index contributed by atoms with van der Waals surface area (Å²) in [6, 6.07) is 0. The van der Waals surface area contributed by atoms with Crippen LogP contribution in [0.25, 0.3) is 0 Å². The van der Waals surface area contributed by atoms with Crippen molar-refractivity contribution >= 4 is 5.91 Å². The molecule has 18 heavy (non-hydrogen) atoms. The summed E-state index contributed by atoms with van der Waals surface area (Å²) in [5.74, 6) is 0.187. The normalized spacial score (nSPS) is 24.1. The number of aliphatic hydroxyl groups excluding tert-OH is 1. The van der Waals surface area contributed by atoms with E-state index in [1.54, 1.807) is 0 Å². The third kappa shape index (κ3) is 4.58. The van der Waals surface area contributed by atoms with Gasteiger partial charge >= 0.3 is 0 Å². The van der Waals surface area contributed by atoms with Gasteiger partial charge in [0, 0.05) is 37.0 Å². The average molecular weight is 256 g/mol. The van der Waals surface area contributed by atoms with Crippen molar-refractivity contribution in [3.63, 3.8) is 0 Å². The van der Waals surface area contributed by atoms with Gasteiger partial charge in [-0.3, -0.25) is 4.79 Å². The van der Waals surface area contributed by atoms with E-state index in [0.29, 0.717) is 32.5 Å². The Balaban J connectivity index is 2.39. The van der Waals surface area contributed by atoms with Crippen molar-refractivity contribution in [2.45, 2.75) is 59.1 Å². The van der Waals surface area contributed by atoms with Gasteiger partial charge in [-0.15, -0.1) is 0 Å². The number of carbonyl (C=O) groups excluding carboxylic acids is 1. The number of likely N-dealkylation sites (tertiary alicyclic amines) is 1. The summed E-state index contributed by atoms with van der Waals surface area (Å²) in [6.07, 6.45) is 0.920. The number of rotatable bonds is 3. The molecule has 1 heterocycles. The molecule has 1 aliphatic heterocycles. The first-order chi connectivity index (χ1) is 8.12. The largest absolute Gasteiger partial charge is 0.392 e. The number of nitrogens with zero attached hydrogens (tertiary/aromatic N) is 1. The molecule has 4 heteroatoms. The molecule has 4 nitrogen and oxygen atoms in total. The van der Waals surface area contributed by atoms with E-state index in [2.05, 4.69) is 26.1 Å². The molecule has 106 valence electrons. The van der Waals surface area contributed by atoms with Crippen LogP contribution in [0.15, 0.2) is 0 Å². The fraction of sp³-hybridized carbons (Fsp3) is 0.929. The zero-order valence-corrected chi connectivity index (χ0v) is 12.4. The summed E-state index contributed by atoms with van der Waals surface area (Å²) < 4.78 is 0. The highest BCUT2D eigenvalue weighted by atomic mass is 16.3. The molecular formula is C14H28N2O2. The summed E-state index contributed by atoms with van der Waals surface area (Å²) in [5.41, 5.74) is -0.136. The first-order valence-corrected chi connectivity index (χ1v) is 6.83. The number of hydrogen-bond acceptors (Lipinski definition) is 3. The third-order valence-electron chi connectivity index (χ3n) is 3.52. The third-order valence-corrected chi connectivity index (χ3v) is 3.52. The molecule has 1 amide bonds. The zero-order valence-electron chi connectivity index (χ0n) is 12.4. The molecule has 0 saturated carbocycles. The van der Waals surface area contributed by atoms with Crippen molar-refractivity contribution in [3.05, 3.63) is 0 Å². The highest BCUT2D eigenvalue weighted by Gasteiger charge is 2.36. The average Bonchev–Trinajstić information content (AvgIpc) is 2.20. The van der Waals surface area contributed by atoms with E-state index in [9.17, 15) is 9.90 Å². The lowest BCUT2D eigenvalue weighted by molar-refractivity contribution is -0.137. The van der Waals surface area contributed by atoms with Gasteiger partial charge in [0.25, 0.3) is 0 Å². The lowest BCUT2D eigenvalue weighted by atomic mass is 9.81. The van der Waals surface area contributed by atoms with Crippen LogP contribution < -0.4 is 5.32 Å². The molecule has 1 unspecified atom stereocenters. The van der Waals surface area contributed by atoms with E-state index in [4.69, 9.17) is 0 Å². The SMILES string of the molecule is CC(C)(C)NCCC(=O)N1CCC(O)C(C)(C)C1. The Hall–Kier alpha value is -0.610. The van der Waals surface area contributed by atoms with Crippen LogP contribution >= 0.6 is 0 Å². The van der Waals surface area contributed by atoms with Crippen LogP contribution in [-0.4, -0.2) is 47.2 Å². The van der Waals surface area contributed by atoms with E-state index in [0.717, 1.165) is 0 Å². The number of carbonyl (C=O) groups is 1. The summed E-state index contributed by atoms with van der Waals surface area (Å²) in [5, 5.41) is 13.2. The zero-order chi connectivity index (χ0) is 14.0. The van der Waals surface area contributed by atoms with Crippen molar-refractivity contribution < 1.29 is 9.90 Å². The van der Waals surface area contributed by atoms with Crippen LogP contribution in [0.2, 0.25) is 0 Å². The quantitative estimate of drug-likeness (QED) is 0.802. The Labute approximate surface area is 111 Å². The summed E-state index contributed by atoms with van der Waals surface area (Å²) in [4.78, 5) is 14.0. The number of amides is 1. The second-order valence-electron chi connectivity index (χ2n) is 7.04. The maximum Gasteiger partial charge on any atom is 0.223 e. The predicted octanol–water partition coefficient (Wildman–Crippen LogP) is 1.38. The smallest absolute Gasteiger partial charge is 0.223 e. The second-order valence-corrected chi connectivity index (χ2v) is 7.04. The molecular weight excluding hydrogens is 228 g/mol. The molecule has 1 atom stereocenters. The topological polar surface area (TPSA) is 52.6 Å². The van der Waals surface area contributed by atoms with E-state index >= 15 is 0 Å². The minimum absolute atomic E-state index is 0.0532. The first-order valence-electron chi connectivity index (χ1n) is 6.83. The lowest BCUT2D eigenvalue weighted by Gasteiger charge is -2.41. The molecule has 2 N–H and O–H groups in total. The Morgan fingerprint density at radius 1 is 1.44 bits per heavy atom. The standard InChI is InChI=1S/C14H28N2O2/c1-13(2,3)15-8-6-12(18)16-9-7-11(17)14(4,5)10-16/h11,15,17H,6-10H2,1-5H3. The molecule has 0 bridgehead atoms. The molecule has 0 aromatic carbocycles. The number of aliphatic hydroxyl groups is 1. The Bertz CT molecular complexity index is 295. The fourth-order valence-corrected chi connectivity index (χ4v) is 2.26. The summed E-state index contributed by atoms with van der Waals surface area (Å²) in [7, 11) is 0. The molecule has 1 aliphatic rings. The van der Waals surface area contributed by atoms with Crippen molar-refractivity contribution in [2.24, 2.45) is 5.41 Å². The first kappa shape index (κ1) is 15.4. The van der Waals surface area contributed by atoms with Gasteiger partial charge < -0.3 is 15.3 Å². The van der Waals surface area contributed by atoms with Gasteiger partial charge in [-0.1, -0.05) is 13.8 Å². The molecule has 1 fully saturated rings. The molecule has 0 aromatic rings. The predicted molar refractivity (Wildman–Crippen MR) is 73.4 cm³/mol. The van der Waals surface area contributed by atoms with Gasteiger partial charge in [0.1, 0.15) is 0 Å². The van der Waals surface area contributed by atoms with Crippen molar-refractivity contribution in [1.29, 1.82) is 0 Å². The molecule has 0 aromatic heterocycles. The molecule has 0 spiro atoms. The van der Waals surface area contributed by atoms with E-state index in [1.165, 1.54) is 0 Å². The van der Waals surface area contributed by atoms with Gasteiger partial charge in [-0.05, 0) is 27.2 Å². The van der Waals surface area contributed by atoms with Crippen LogP contribution in [0.3, 0.4) is 0 Å². The van der Waals surface area contributed by atoms with Gasteiger partial charge in [-0.25, -0.2) is 0 Å². The highest BCUT2D eigenvalue weighted by molar-refractivity contribution is 5.76. The van der Waals surface area contributed by atoms with Gasteiger partial charge in [0.15, 0.2) is 0 Å². The molecule has 0 aliphatic carbocycles. The van der Waals surface area contributed by atoms with E-state index in [-0.39, 0.29) is 23.0 Å². The minimum Gasteiger partial charge on any atom is -0.392 e. The highest BCUT2D eigenvalue weighted by Crippen LogP contribution is 2.29. The fourth-order valence-electron chi connectivity index (χ4n) is 2.26. The maximum atomic E-state index is 12.1. The van der Waals surface area contributed by atoms with Crippen LogP contribution in [0.4, 0.5) is 0 Å². The van der Waals surface area contributed by atoms with Gasteiger partial charge in [0.2, 0.25) is 5.91 Å². The summed E-state index contributed by atoms with van der Waals surface area (Å²) in [6.45, 7) is 12.4. The van der Waals surface area contributed by atoms with Gasteiger partial charge in [-0.2, -0.15) is 0 Å². The number of nitrogens with one attached hydrogen (secondary N) is 1. The van der Waals surface area contributed by atoms with Crippen molar-refractivity contribution in [3.8, 4) is 0 Å². The molecule has 1 rings (SSSR count). The summed E-state index contributed by atoms with van der Waals surface area (Å²) >= 11 is 0. The number of piperidine rings is 1. The Morgan fingerprint density at radius 3 is 2.56 bits per heavy atom. The van der Waals surface area contributed by atoms with Crippen LogP contribution in [0.1, 0.15) is 47.5 Å².